The van der Waals surface area contributed by atoms with Crippen LogP contribution in [0.3, 0.4) is 0 Å². The van der Waals surface area contributed by atoms with E-state index in [-0.39, 0.29) is 11.4 Å². The second-order valence-electron chi connectivity index (χ2n) is 8.88. The van der Waals surface area contributed by atoms with Crippen molar-refractivity contribution in [3.05, 3.63) is 34.1 Å². The topological polar surface area (TPSA) is 132 Å². The highest BCUT2D eigenvalue weighted by Crippen LogP contribution is 2.52. The standard InChI is InChI=1S/C22H31O9P/c1-11(2)22(6)8-7-15-14(5)19(12(3)13(4)20(15)29-22)31-32(26,27)30-18-9-17(16(24)10-23)28-21(18)25/h9,11,16-17,23-24H,7-8,10H2,1-6H3,(H,26,27). The molecular formula is C22H31O9P. The Kier molecular flexibility index (Phi) is 6.69. The predicted octanol–water partition coefficient (Wildman–Crippen LogP) is 3.01. The summed E-state index contributed by atoms with van der Waals surface area (Å²) in [4.78, 5) is 22.3. The molecule has 2 heterocycles. The van der Waals surface area contributed by atoms with Gasteiger partial charge in [0.15, 0.2) is 6.10 Å². The lowest BCUT2D eigenvalue weighted by atomic mass is 9.81. The van der Waals surface area contributed by atoms with Crippen molar-refractivity contribution in [3.8, 4) is 11.5 Å². The lowest BCUT2D eigenvalue weighted by Gasteiger charge is -2.41. The summed E-state index contributed by atoms with van der Waals surface area (Å²) in [7, 11) is -4.77. The quantitative estimate of drug-likeness (QED) is 0.406. The van der Waals surface area contributed by atoms with E-state index in [9.17, 15) is 19.4 Å². The van der Waals surface area contributed by atoms with Crippen LogP contribution in [0.5, 0.6) is 11.5 Å². The van der Waals surface area contributed by atoms with Crippen molar-refractivity contribution in [3.63, 3.8) is 0 Å². The highest BCUT2D eigenvalue weighted by molar-refractivity contribution is 7.48. The van der Waals surface area contributed by atoms with Crippen LogP contribution in [-0.2, 0) is 25.0 Å². The van der Waals surface area contributed by atoms with Crippen molar-refractivity contribution in [1.82, 2.24) is 0 Å². The number of rotatable bonds is 7. The third-order valence-corrected chi connectivity index (χ3v) is 7.33. The summed E-state index contributed by atoms with van der Waals surface area (Å²) in [5.74, 6) is -0.314. The molecule has 10 heteroatoms. The van der Waals surface area contributed by atoms with Gasteiger partial charge in [-0.25, -0.2) is 9.36 Å². The molecule has 0 saturated carbocycles. The SMILES string of the molecule is Cc1c(C)c2c(c(C)c1OP(=O)(O)OC1=CC(C(O)CO)OC1=O)CCC(C)(C(C)C)O2. The number of hydrogen-bond acceptors (Lipinski definition) is 8. The number of esters is 1. The van der Waals surface area contributed by atoms with E-state index >= 15 is 0 Å². The first kappa shape index (κ1) is 24.6. The Hall–Kier alpha value is -2.06. The first-order chi connectivity index (χ1) is 14.8. The van der Waals surface area contributed by atoms with Crippen LogP contribution in [0.4, 0.5) is 0 Å². The molecule has 1 aromatic rings. The van der Waals surface area contributed by atoms with Gasteiger partial charge < -0.3 is 28.7 Å². The zero-order valence-electron chi connectivity index (χ0n) is 19.2. The van der Waals surface area contributed by atoms with E-state index < -0.39 is 38.4 Å². The molecule has 0 amide bonds. The van der Waals surface area contributed by atoms with Gasteiger partial charge in [-0.05, 0) is 63.1 Å². The first-order valence-corrected chi connectivity index (χ1v) is 12.0. The Morgan fingerprint density at radius 1 is 1.22 bits per heavy atom. The minimum atomic E-state index is -4.77. The Bertz CT molecular complexity index is 1000. The summed E-state index contributed by atoms with van der Waals surface area (Å²) >= 11 is 0. The van der Waals surface area contributed by atoms with Crippen LogP contribution in [0.25, 0.3) is 0 Å². The van der Waals surface area contributed by atoms with E-state index in [2.05, 4.69) is 20.8 Å². The van der Waals surface area contributed by atoms with Gasteiger partial charge in [-0.15, -0.1) is 0 Å². The molecular weight excluding hydrogens is 439 g/mol. The van der Waals surface area contributed by atoms with Crippen LogP contribution in [0.15, 0.2) is 11.8 Å². The molecule has 3 rings (SSSR count). The van der Waals surface area contributed by atoms with Gasteiger partial charge in [0.1, 0.15) is 23.2 Å². The summed E-state index contributed by atoms with van der Waals surface area (Å²) in [5.41, 5.74) is 2.70. The number of phosphoric acid groups is 1. The molecule has 2 aliphatic rings. The van der Waals surface area contributed by atoms with Crippen molar-refractivity contribution in [2.75, 3.05) is 6.61 Å². The molecule has 1 aromatic carbocycles. The average Bonchev–Trinajstić information content (AvgIpc) is 3.08. The maximum atomic E-state index is 12.7. The Morgan fingerprint density at radius 3 is 2.47 bits per heavy atom. The number of ether oxygens (including phenoxy) is 2. The van der Waals surface area contributed by atoms with E-state index in [0.29, 0.717) is 17.0 Å². The fraction of sp³-hybridized carbons (Fsp3) is 0.591. The maximum Gasteiger partial charge on any atom is 0.585 e. The fourth-order valence-electron chi connectivity index (χ4n) is 3.85. The van der Waals surface area contributed by atoms with Crippen molar-refractivity contribution >= 4 is 13.8 Å². The van der Waals surface area contributed by atoms with Crippen molar-refractivity contribution in [2.45, 2.75) is 72.2 Å². The van der Waals surface area contributed by atoms with Crippen LogP contribution in [0.2, 0.25) is 0 Å². The van der Waals surface area contributed by atoms with Crippen LogP contribution in [0, 0.1) is 26.7 Å². The van der Waals surface area contributed by atoms with Crippen molar-refractivity contribution in [1.29, 1.82) is 0 Å². The summed E-state index contributed by atoms with van der Waals surface area (Å²) in [6, 6.07) is 0. The number of phosphoric ester groups is 1. The Morgan fingerprint density at radius 2 is 1.88 bits per heavy atom. The normalized spacial score (nSPS) is 25.4. The van der Waals surface area contributed by atoms with Crippen LogP contribution in [-0.4, -0.2) is 45.5 Å². The highest BCUT2D eigenvalue weighted by atomic mass is 31.2. The lowest BCUT2D eigenvalue weighted by Crippen LogP contribution is -2.41. The number of aliphatic hydroxyl groups is 2. The second-order valence-corrected chi connectivity index (χ2v) is 10.2. The summed E-state index contributed by atoms with van der Waals surface area (Å²) in [6.07, 6.45) is 0.00420. The lowest BCUT2D eigenvalue weighted by molar-refractivity contribution is -0.146. The van der Waals surface area contributed by atoms with Gasteiger partial charge in [0.25, 0.3) is 0 Å². The molecule has 0 aliphatic carbocycles. The monoisotopic (exact) mass is 470 g/mol. The molecule has 4 atom stereocenters. The van der Waals surface area contributed by atoms with E-state index in [1.165, 1.54) is 0 Å². The smallest absolute Gasteiger partial charge is 0.487 e. The van der Waals surface area contributed by atoms with Crippen LogP contribution < -0.4 is 9.26 Å². The van der Waals surface area contributed by atoms with Gasteiger partial charge in [-0.1, -0.05) is 13.8 Å². The summed E-state index contributed by atoms with van der Waals surface area (Å²) in [6.45, 7) is 11.1. The number of carbonyl (C=O) groups is 1. The molecule has 0 saturated heterocycles. The van der Waals surface area contributed by atoms with E-state index in [4.69, 9.17) is 23.6 Å². The highest BCUT2D eigenvalue weighted by Gasteiger charge is 2.40. The molecule has 0 aromatic heterocycles. The van der Waals surface area contributed by atoms with Crippen molar-refractivity contribution in [2.24, 2.45) is 5.92 Å². The van der Waals surface area contributed by atoms with Gasteiger partial charge in [0.05, 0.1) is 6.61 Å². The van der Waals surface area contributed by atoms with Gasteiger partial charge in [-0.3, -0.25) is 4.89 Å². The largest absolute Gasteiger partial charge is 0.585 e. The first-order valence-electron chi connectivity index (χ1n) is 10.5. The molecule has 0 radical (unpaired) electrons. The number of aliphatic hydroxyl groups excluding tert-OH is 2. The maximum absolute atomic E-state index is 12.7. The molecule has 2 aliphatic heterocycles. The molecule has 0 fully saturated rings. The Labute approximate surface area is 187 Å². The zero-order valence-corrected chi connectivity index (χ0v) is 20.1. The van der Waals surface area contributed by atoms with Gasteiger partial charge in [-0.2, -0.15) is 0 Å². The molecule has 3 N–H and O–H groups in total. The van der Waals surface area contributed by atoms with E-state index in [1.54, 1.807) is 13.8 Å². The average molecular weight is 470 g/mol. The minimum absolute atomic E-state index is 0.197. The summed E-state index contributed by atoms with van der Waals surface area (Å²) in [5, 5.41) is 18.6. The van der Waals surface area contributed by atoms with Crippen molar-refractivity contribution < 1.29 is 43.0 Å². The molecule has 0 bridgehead atoms. The molecule has 0 spiro atoms. The predicted molar refractivity (Wildman–Crippen MR) is 115 cm³/mol. The molecule has 4 unspecified atom stereocenters. The summed E-state index contributed by atoms with van der Waals surface area (Å²) < 4.78 is 34.3. The molecule has 9 nitrogen and oxygen atoms in total. The van der Waals surface area contributed by atoms with Gasteiger partial charge in [0.2, 0.25) is 5.76 Å². The Balaban J connectivity index is 1.89. The van der Waals surface area contributed by atoms with Crippen LogP contribution >= 0.6 is 7.82 Å². The number of hydrogen-bond donors (Lipinski definition) is 3. The molecule has 178 valence electrons. The second kappa shape index (κ2) is 8.71. The third-order valence-electron chi connectivity index (χ3n) is 6.49. The number of carbonyl (C=O) groups excluding carboxylic acids is 1. The number of benzene rings is 1. The fourth-order valence-corrected chi connectivity index (χ4v) is 4.77. The van der Waals surface area contributed by atoms with Gasteiger partial charge >= 0.3 is 13.8 Å². The zero-order chi connectivity index (χ0) is 24.0. The molecule has 32 heavy (non-hydrogen) atoms. The minimum Gasteiger partial charge on any atom is -0.487 e. The van der Waals surface area contributed by atoms with Crippen LogP contribution in [0.1, 0.15) is 49.4 Å². The van der Waals surface area contributed by atoms with E-state index in [0.717, 1.165) is 35.8 Å². The van der Waals surface area contributed by atoms with Gasteiger partial charge in [0, 0.05) is 11.6 Å². The number of fused-ring (bicyclic) bond motifs is 1. The number of cyclic esters (lactones) is 1. The third kappa shape index (κ3) is 4.53. The van der Waals surface area contributed by atoms with E-state index in [1.807, 2.05) is 6.92 Å².